The molecule has 0 unspecified atom stereocenters. The van der Waals surface area contributed by atoms with Gasteiger partial charge < -0.3 is 0 Å². The molecule has 0 bridgehead atoms. The molecule has 2 aromatic carbocycles. The molecule has 0 spiro atoms. The zero-order valence-corrected chi connectivity index (χ0v) is 13.4. The van der Waals surface area contributed by atoms with E-state index >= 15 is 0 Å². The van der Waals surface area contributed by atoms with E-state index in [4.69, 9.17) is 6.57 Å². The maximum atomic E-state index is 7.51. The van der Waals surface area contributed by atoms with Crippen LogP contribution in [0.2, 0.25) is 0 Å². The van der Waals surface area contributed by atoms with Crippen molar-refractivity contribution in [2.45, 2.75) is 20.8 Å². The Labute approximate surface area is 131 Å². The van der Waals surface area contributed by atoms with Crippen molar-refractivity contribution in [2.75, 3.05) is 0 Å². The number of aromatic nitrogens is 1. The summed E-state index contributed by atoms with van der Waals surface area (Å²) < 4.78 is 2.19. The molecule has 1 heterocycles. The monoisotopic (exact) mass is 287 g/mol. The molecule has 0 atom stereocenters. The number of rotatable bonds is 1. The summed E-state index contributed by atoms with van der Waals surface area (Å²) in [5.41, 5.74) is 7.90. The van der Waals surface area contributed by atoms with Gasteiger partial charge in [-0.25, -0.2) is 4.85 Å². The fraction of sp³-hybridized carbons (Fsp3) is 0.200. The van der Waals surface area contributed by atoms with Crippen LogP contribution in [0.3, 0.4) is 0 Å². The maximum absolute atomic E-state index is 7.51. The van der Waals surface area contributed by atoms with Crippen molar-refractivity contribution < 1.29 is 4.57 Å². The molecular formula is C20H19N2+. The summed E-state index contributed by atoms with van der Waals surface area (Å²) in [6.07, 6.45) is 0. The molecule has 0 fully saturated rings. The van der Waals surface area contributed by atoms with E-state index in [9.17, 15) is 0 Å². The second-order valence-electron chi connectivity index (χ2n) is 5.86. The number of pyridine rings is 1. The van der Waals surface area contributed by atoms with Crippen LogP contribution in [0.15, 0.2) is 42.5 Å². The molecule has 0 aliphatic heterocycles. The lowest BCUT2D eigenvalue weighted by Gasteiger charge is -2.11. The zero-order valence-electron chi connectivity index (χ0n) is 13.4. The zero-order chi connectivity index (χ0) is 15.9. The van der Waals surface area contributed by atoms with Crippen molar-refractivity contribution in [3.63, 3.8) is 0 Å². The van der Waals surface area contributed by atoms with E-state index in [1.54, 1.807) is 0 Å². The average molecular weight is 287 g/mol. The summed E-state index contributed by atoms with van der Waals surface area (Å²) in [4.78, 5) is 3.74. The summed E-state index contributed by atoms with van der Waals surface area (Å²) >= 11 is 0. The lowest BCUT2D eigenvalue weighted by atomic mass is 9.96. The van der Waals surface area contributed by atoms with Crippen molar-refractivity contribution in [1.82, 2.24) is 0 Å². The standard InChI is InChI=1S/C20H19N2/c1-13-10-14(2)15(3)17(11-13)20-12-18(21-4)16-8-6-7-9-19(16)22(20)5/h6-12H,1-3,5H3/q+1. The topological polar surface area (TPSA) is 8.24 Å². The predicted octanol–water partition coefficient (Wildman–Crippen LogP) is 4.81. The molecule has 0 aliphatic rings. The van der Waals surface area contributed by atoms with E-state index in [1.165, 1.54) is 22.3 Å². The number of benzene rings is 2. The van der Waals surface area contributed by atoms with Crippen LogP contribution in [0.1, 0.15) is 16.7 Å². The van der Waals surface area contributed by atoms with Gasteiger partial charge in [0, 0.05) is 17.7 Å². The molecule has 3 rings (SSSR count). The quantitative estimate of drug-likeness (QED) is 0.448. The van der Waals surface area contributed by atoms with Crippen molar-refractivity contribution in [1.29, 1.82) is 0 Å². The number of para-hydroxylation sites is 1. The van der Waals surface area contributed by atoms with Gasteiger partial charge in [0.15, 0.2) is 0 Å². The Morgan fingerprint density at radius 1 is 1.00 bits per heavy atom. The molecule has 2 heteroatoms. The maximum Gasteiger partial charge on any atom is 0.207 e. The van der Waals surface area contributed by atoms with Gasteiger partial charge in [-0.3, -0.25) is 0 Å². The second kappa shape index (κ2) is 5.27. The minimum absolute atomic E-state index is 0.710. The van der Waals surface area contributed by atoms with Crippen LogP contribution in [-0.4, -0.2) is 0 Å². The second-order valence-corrected chi connectivity index (χ2v) is 5.86. The lowest BCUT2D eigenvalue weighted by Crippen LogP contribution is -2.32. The van der Waals surface area contributed by atoms with Gasteiger partial charge >= 0.3 is 0 Å². The number of hydrogen-bond acceptors (Lipinski definition) is 0. The Kier molecular flexibility index (Phi) is 3.42. The normalized spacial score (nSPS) is 10.7. The van der Waals surface area contributed by atoms with Crippen LogP contribution in [0.5, 0.6) is 0 Å². The Hall–Kier alpha value is -2.66. The van der Waals surface area contributed by atoms with Gasteiger partial charge in [-0.1, -0.05) is 29.8 Å². The first-order chi connectivity index (χ1) is 10.5. The molecule has 1 aromatic heterocycles. The highest BCUT2D eigenvalue weighted by Gasteiger charge is 2.19. The highest BCUT2D eigenvalue weighted by molar-refractivity contribution is 5.91. The van der Waals surface area contributed by atoms with Crippen molar-refractivity contribution in [3.05, 3.63) is 70.6 Å². The molecule has 0 saturated carbocycles. The summed E-state index contributed by atoms with van der Waals surface area (Å²) in [6.45, 7) is 13.9. The van der Waals surface area contributed by atoms with Crippen LogP contribution >= 0.6 is 0 Å². The minimum Gasteiger partial charge on any atom is -0.237 e. The lowest BCUT2D eigenvalue weighted by molar-refractivity contribution is -0.633. The molecule has 0 aliphatic carbocycles. The van der Waals surface area contributed by atoms with Gasteiger partial charge in [-0.2, -0.15) is 4.57 Å². The smallest absolute Gasteiger partial charge is 0.207 e. The van der Waals surface area contributed by atoms with E-state index in [0.717, 1.165) is 16.6 Å². The van der Waals surface area contributed by atoms with Gasteiger partial charge in [0.05, 0.1) is 12.0 Å². The van der Waals surface area contributed by atoms with Gasteiger partial charge in [-0.15, -0.1) is 0 Å². The molecule has 0 radical (unpaired) electrons. The number of fused-ring (bicyclic) bond motifs is 1. The van der Waals surface area contributed by atoms with E-state index in [2.05, 4.69) is 55.4 Å². The van der Waals surface area contributed by atoms with Crippen molar-refractivity contribution in [2.24, 2.45) is 7.05 Å². The number of aryl methyl sites for hydroxylation is 3. The first kappa shape index (κ1) is 14.3. The Balaban J connectivity index is 2.43. The van der Waals surface area contributed by atoms with Crippen LogP contribution < -0.4 is 4.57 Å². The first-order valence-corrected chi connectivity index (χ1v) is 7.40. The number of hydrogen-bond donors (Lipinski definition) is 0. The molecule has 0 N–H and O–H groups in total. The Morgan fingerprint density at radius 2 is 1.73 bits per heavy atom. The highest BCUT2D eigenvalue weighted by atomic mass is 14.9. The fourth-order valence-electron chi connectivity index (χ4n) is 3.07. The van der Waals surface area contributed by atoms with Crippen LogP contribution in [-0.2, 0) is 7.05 Å². The van der Waals surface area contributed by atoms with Crippen molar-refractivity contribution >= 4 is 16.6 Å². The minimum atomic E-state index is 0.710. The van der Waals surface area contributed by atoms with Crippen LogP contribution in [0, 0.1) is 27.3 Å². The molecule has 22 heavy (non-hydrogen) atoms. The molecule has 108 valence electrons. The molecular weight excluding hydrogens is 268 g/mol. The van der Waals surface area contributed by atoms with Crippen LogP contribution in [0.4, 0.5) is 5.69 Å². The largest absolute Gasteiger partial charge is 0.237 e. The predicted molar refractivity (Wildman–Crippen MR) is 91.0 cm³/mol. The SMILES string of the molecule is [C-]#[N+]c1cc(-c2cc(C)cc(C)c2C)[n+](C)c2ccccc12. The summed E-state index contributed by atoms with van der Waals surface area (Å²) in [5, 5.41) is 1.01. The fourth-order valence-corrected chi connectivity index (χ4v) is 3.07. The van der Waals surface area contributed by atoms with Gasteiger partial charge in [0.2, 0.25) is 16.9 Å². The van der Waals surface area contributed by atoms with E-state index in [-0.39, 0.29) is 0 Å². The van der Waals surface area contributed by atoms with E-state index in [0.29, 0.717) is 5.69 Å². The highest BCUT2D eigenvalue weighted by Crippen LogP contribution is 2.31. The summed E-state index contributed by atoms with van der Waals surface area (Å²) in [5.74, 6) is 0. The molecule has 2 nitrogen and oxygen atoms in total. The van der Waals surface area contributed by atoms with E-state index < -0.39 is 0 Å². The van der Waals surface area contributed by atoms with E-state index in [1.807, 2.05) is 24.3 Å². The third-order valence-electron chi connectivity index (χ3n) is 4.38. The molecule has 0 amide bonds. The third kappa shape index (κ3) is 2.16. The van der Waals surface area contributed by atoms with Crippen molar-refractivity contribution in [3.8, 4) is 11.3 Å². The van der Waals surface area contributed by atoms with Gasteiger partial charge in [-0.05, 0) is 38.0 Å². The molecule has 0 saturated heterocycles. The van der Waals surface area contributed by atoms with Gasteiger partial charge in [0.1, 0.15) is 7.05 Å². The average Bonchev–Trinajstić information content (AvgIpc) is 2.52. The Morgan fingerprint density at radius 3 is 2.45 bits per heavy atom. The summed E-state index contributed by atoms with van der Waals surface area (Å²) in [7, 11) is 2.07. The van der Waals surface area contributed by atoms with Crippen LogP contribution in [0.25, 0.3) is 27.0 Å². The number of nitrogens with zero attached hydrogens (tertiary/aromatic N) is 2. The van der Waals surface area contributed by atoms with Gasteiger partial charge in [0.25, 0.3) is 0 Å². The first-order valence-electron chi connectivity index (χ1n) is 7.40. The molecule has 3 aromatic rings. The third-order valence-corrected chi connectivity index (χ3v) is 4.38. The Bertz CT molecular complexity index is 931. The summed E-state index contributed by atoms with van der Waals surface area (Å²) in [6, 6.07) is 14.5.